The molecule has 0 aromatic carbocycles. The van der Waals surface area contributed by atoms with Gasteiger partial charge in [0, 0.05) is 33.7 Å². The first-order valence-corrected chi connectivity index (χ1v) is 8.70. The Labute approximate surface area is 141 Å². The first kappa shape index (κ1) is 17.0. The minimum absolute atomic E-state index is 0.269. The Kier molecular flexibility index (Phi) is 4.38. The largest absolute Gasteiger partial charge is 0.332 e. The van der Waals surface area contributed by atoms with E-state index in [1.54, 1.807) is 7.05 Å². The van der Waals surface area contributed by atoms with E-state index in [9.17, 15) is 9.59 Å². The predicted octanol–water partition coefficient (Wildman–Crippen LogP) is 0.932. The van der Waals surface area contributed by atoms with Crippen LogP contribution in [0.15, 0.2) is 9.59 Å². The van der Waals surface area contributed by atoms with Gasteiger partial charge < -0.3 is 4.57 Å². The third-order valence-electron chi connectivity index (χ3n) is 5.05. The monoisotopic (exact) mass is 333 g/mol. The number of rotatable bonds is 3. The molecule has 1 aliphatic rings. The average Bonchev–Trinajstić information content (AvgIpc) is 2.88. The molecular weight excluding hydrogens is 306 g/mol. The Hall–Kier alpha value is -1.89. The van der Waals surface area contributed by atoms with E-state index in [4.69, 9.17) is 0 Å². The molecule has 132 valence electrons. The number of fused-ring (bicyclic) bond motifs is 1. The van der Waals surface area contributed by atoms with Crippen LogP contribution < -0.4 is 11.2 Å². The van der Waals surface area contributed by atoms with Crippen LogP contribution in [-0.4, -0.2) is 36.7 Å². The molecule has 0 aliphatic carbocycles. The van der Waals surface area contributed by atoms with Gasteiger partial charge in [0.1, 0.15) is 5.82 Å². The number of imidazole rings is 1. The molecule has 1 fully saturated rings. The molecule has 1 saturated heterocycles. The molecule has 0 radical (unpaired) electrons. The highest BCUT2D eigenvalue weighted by atomic mass is 16.2. The maximum atomic E-state index is 12.6. The lowest BCUT2D eigenvalue weighted by Gasteiger charge is -2.34. The van der Waals surface area contributed by atoms with E-state index in [1.165, 1.54) is 18.0 Å². The predicted molar refractivity (Wildman–Crippen MR) is 94.1 cm³/mol. The van der Waals surface area contributed by atoms with Gasteiger partial charge in [-0.1, -0.05) is 13.8 Å². The quantitative estimate of drug-likeness (QED) is 0.838. The molecule has 7 heteroatoms. The second-order valence-electron chi connectivity index (χ2n) is 7.29. The lowest BCUT2D eigenvalue weighted by Crippen LogP contribution is -2.39. The first-order valence-electron chi connectivity index (χ1n) is 8.70. The van der Waals surface area contributed by atoms with Crippen LogP contribution in [0.4, 0.5) is 0 Å². The summed E-state index contributed by atoms with van der Waals surface area (Å²) in [6, 6.07) is 0. The highest BCUT2D eigenvalue weighted by Gasteiger charge is 2.25. The summed E-state index contributed by atoms with van der Waals surface area (Å²) in [5.74, 6) is 2.21. The van der Waals surface area contributed by atoms with Gasteiger partial charge in [-0.2, -0.15) is 0 Å². The summed E-state index contributed by atoms with van der Waals surface area (Å²) in [6.07, 6.45) is 1.26. The summed E-state index contributed by atoms with van der Waals surface area (Å²) in [5, 5.41) is 0. The lowest BCUT2D eigenvalue weighted by molar-refractivity contribution is 0.130. The molecule has 2 aromatic rings. The van der Waals surface area contributed by atoms with Gasteiger partial charge in [-0.05, 0) is 25.2 Å². The van der Waals surface area contributed by atoms with Crippen molar-refractivity contribution in [1.29, 1.82) is 0 Å². The van der Waals surface area contributed by atoms with Crippen LogP contribution in [0.5, 0.6) is 0 Å². The molecule has 2 atom stereocenters. The fourth-order valence-electron chi connectivity index (χ4n) is 4.07. The minimum Gasteiger partial charge on any atom is -0.321 e. The fourth-order valence-corrected chi connectivity index (χ4v) is 4.07. The van der Waals surface area contributed by atoms with Crippen LogP contribution in [0.3, 0.4) is 0 Å². The first-order chi connectivity index (χ1) is 11.3. The second-order valence-corrected chi connectivity index (χ2v) is 7.29. The van der Waals surface area contributed by atoms with Crippen molar-refractivity contribution in [2.24, 2.45) is 25.9 Å². The van der Waals surface area contributed by atoms with E-state index in [0.29, 0.717) is 36.1 Å². The molecule has 1 aliphatic heterocycles. The number of aryl methyl sites for hydroxylation is 2. The summed E-state index contributed by atoms with van der Waals surface area (Å²) in [6.45, 7) is 10.1. The molecule has 0 amide bonds. The van der Waals surface area contributed by atoms with Crippen LogP contribution in [0.25, 0.3) is 11.2 Å². The van der Waals surface area contributed by atoms with Crippen LogP contribution in [-0.2, 0) is 27.2 Å². The highest BCUT2D eigenvalue weighted by molar-refractivity contribution is 5.71. The molecule has 7 nitrogen and oxygen atoms in total. The molecule has 2 aromatic heterocycles. The summed E-state index contributed by atoms with van der Waals surface area (Å²) >= 11 is 0. The van der Waals surface area contributed by atoms with Gasteiger partial charge in [-0.15, -0.1) is 0 Å². The lowest BCUT2D eigenvalue weighted by atomic mass is 9.92. The number of hydrogen-bond acceptors (Lipinski definition) is 4. The SMILES string of the molecule is CCn1c(CN2C[C@H](C)C[C@@H](C)C2)nc2c1c(=O)n(C)c(=O)n2C. The van der Waals surface area contributed by atoms with Gasteiger partial charge in [0.2, 0.25) is 0 Å². The van der Waals surface area contributed by atoms with Crippen molar-refractivity contribution in [2.45, 2.75) is 40.3 Å². The van der Waals surface area contributed by atoms with Crippen molar-refractivity contribution in [3.05, 3.63) is 26.7 Å². The average molecular weight is 333 g/mol. The molecule has 0 unspecified atom stereocenters. The summed E-state index contributed by atoms with van der Waals surface area (Å²) in [7, 11) is 3.19. The standard InChI is InChI=1S/C17H27N5O2/c1-6-22-13(10-21-8-11(2)7-12(3)9-21)18-15-14(22)16(23)20(5)17(24)19(15)4/h11-12H,6-10H2,1-5H3/t11-,12-/m1/s1. The van der Waals surface area contributed by atoms with E-state index < -0.39 is 0 Å². The van der Waals surface area contributed by atoms with E-state index in [1.807, 2.05) is 11.5 Å². The number of piperidine rings is 1. The third-order valence-corrected chi connectivity index (χ3v) is 5.05. The van der Waals surface area contributed by atoms with Crippen molar-refractivity contribution in [2.75, 3.05) is 13.1 Å². The van der Waals surface area contributed by atoms with Crippen LogP contribution in [0.1, 0.15) is 33.0 Å². The Morgan fingerprint density at radius 3 is 2.29 bits per heavy atom. The van der Waals surface area contributed by atoms with Gasteiger partial charge >= 0.3 is 5.69 Å². The topological polar surface area (TPSA) is 65.1 Å². The highest BCUT2D eigenvalue weighted by Crippen LogP contribution is 2.23. The number of aromatic nitrogens is 4. The zero-order valence-corrected chi connectivity index (χ0v) is 15.2. The molecular formula is C17H27N5O2. The van der Waals surface area contributed by atoms with Crippen molar-refractivity contribution in [3.63, 3.8) is 0 Å². The van der Waals surface area contributed by atoms with Gasteiger partial charge in [-0.25, -0.2) is 9.78 Å². The van der Waals surface area contributed by atoms with E-state index in [0.717, 1.165) is 23.5 Å². The zero-order chi connectivity index (χ0) is 17.6. The van der Waals surface area contributed by atoms with Crippen molar-refractivity contribution >= 4 is 11.2 Å². The number of hydrogen-bond donors (Lipinski definition) is 0. The molecule has 0 saturated carbocycles. The van der Waals surface area contributed by atoms with Gasteiger partial charge in [-0.3, -0.25) is 18.8 Å². The minimum atomic E-state index is -0.333. The molecule has 3 rings (SSSR count). The summed E-state index contributed by atoms with van der Waals surface area (Å²) < 4.78 is 4.58. The van der Waals surface area contributed by atoms with Gasteiger partial charge in [0.05, 0.1) is 6.54 Å². The van der Waals surface area contributed by atoms with Crippen LogP contribution in [0.2, 0.25) is 0 Å². The molecule has 0 bridgehead atoms. The van der Waals surface area contributed by atoms with E-state index in [-0.39, 0.29) is 11.2 Å². The molecule has 3 heterocycles. The number of likely N-dealkylation sites (tertiary alicyclic amines) is 1. The molecule has 24 heavy (non-hydrogen) atoms. The second kappa shape index (κ2) is 6.20. The maximum Gasteiger partial charge on any atom is 0.332 e. The van der Waals surface area contributed by atoms with Crippen molar-refractivity contribution < 1.29 is 0 Å². The van der Waals surface area contributed by atoms with E-state index in [2.05, 4.69) is 23.7 Å². The Bertz CT molecular complexity index is 866. The maximum absolute atomic E-state index is 12.6. The normalized spacial score (nSPS) is 22.4. The molecule has 0 spiro atoms. The molecule has 0 N–H and O–H groups in total. The Morgan fingerprint density at radius 1 is 1.08 bits per heavy atom. The van der Waals surface area contributed by atoms with Crippen LogP contribution >= 0.6 is 0 Å². The summed E-state index contributed by atoms with van der Waals surface area (Å²) in [5.41, 5.74) is 0.405. The smallest absolute Gasteiger partial charge is 0.321 e. The number of nitrogens with zero attached hydrogens (tertiary/aromatic N) is 5. The van der Waals surface area contributed by atoms with Crippen molar-refractivity contribution in [3.8, 4) is 0 Å². The van der Waals surface area contributed by atoms with Gasteiger partial charge in [0.25, 0.3) is 5.56 Å². The third kappa shape index (κ3) is 2.70. The van der Waals surface area contributed by atoms with Crippen molar-refractivity contribution in [1.82, 2.24) is 23.6 Å². The summed E-state index contributed by atoms with van der Waals surface area (Å²) in [4.78, 5) is 31.8. The van der Waals surface area contributed by atoms with E-state index >= 15 is 0 Å². The zero-order valence-electron chi connectivity index (χ0n) is 15.2. The van der Waals surface area contributed by atoms with Crippen LogP contribution in [0, 0.1) is 11.8 Å². The van der Waals surface area contributed by atoms with Gasteiger partial charge in [0.15, 0.2) is 11.2 Å². The Morgan fingerprint density at radius 2 is 1.71 bits per heavy atom. The Balaban J connectivity index is 2.09. The fraction of sp³-hybridized carbons (Fsp3) is 0.706.